The van der Waals surface area contributed by atoms with Crippen molar-refractivity contribution in [3.63, 3.8) is 0 Å². The van der Waals surface area contributed by atoms with Crippen LogP contribution in [0.15, 0.2) is 36.4 Å². The van der Waals surface area contributed by atoms with Crippen molar-refractivity contribution in [1.82, 2.24) is 0 Å². The van der Waals surface area contributed by atoms with Gasteiger partial charge in [0.1, 0.15) is 11.5 Å². The van der Waals surface area contributed by atoms with Gasteiger partial charge in [-0.3, -0.25) is 9.59 Å². The molecule has 0 fully saturated rings. The second-order valence-electron chi connectivity index (χ2n) is 7.03. The summed E-state index contributed by atoms with van der Waals surface area (Å²) in [4.78, 5) is 21.8. The average Bonchev–Trinajstić information content (AvgIpc) is 2.69. The second-order valence-corrected chi connectivity index (χ2v) is 7.03. The van der Waals surface area contributed by atoms with Crippen molar-refractivity contribution in [2.75, 3.05) is 6.61 Å². The molecule has 0 aliphatic carbocycles. The fourth-order valence-corrected chi connectivity index (χ4v) is 3.06. The number of carboxylic acid groups (broad SMARTS) is 2. The van der Waals surface area contributed by atoms with Crippen molar-refractivity contribution in [2.45, 2.75) is 51.9 Å². The molecule has 2 aromatic carbocycles. The maximum atomic E-state index is 10.9. The monoisotopic (exact) mass is 400 g/mol. The summed E-state index contributed by atoms with van der Waals surface area (Å²) in [6.45, 7) is 2.66. The summed E-state index contributed by atoms with van der Waals surface area (Å²) in [5, 5.41) is 28.3. The lowest BCUT2D eigenvalue weighted by Gasteiger charge is -2.15. The number of rotatable bonds is 12. The van der Waals surface area contributed by atoms with Crippen LogP contribution >= 0.6 is 0 Å². The molecule has 0 saturated heterocycles. The largest absolute Gasteiger partial charge is 0.507 e. The number of ether oxygens (including phenoxy) is 1. The summed E-state index contributed by atoms with van der Waals surface area (Å²) < 4.78 is 5.95. The van der Waals surface area contributed by atoms with Crippen LogP contribution in [-0.2, 0) is 22.4 Å². The first-order chi connectivity index (χ1) is 13.9. The highest BCUT2D eigenvalue weighted by Gasteiger charge is 2.14. The van der Waals surface area contributed by atoms with Crippen molar-refractivity contribution in [3.05, 3.63) is 47.5 Å². The van der Waals surface area contributed by atoms with Crippen LogP contribution in [0.4, 0.5) is 0 Å². The van der Waals surface area contributed by atoms with Gasteiger partial charge in [-0.15, -0.1) is 0 Å². The van der Waals surface area contributed by atoms with Gasteiger partial charge < -0.3 is 20.1 Å². The molecule has 29 heavy (non-hydrogen) atoms. The molecule has 0 aromatic heterocycles. The van der Waals surface area contributed by atoms with E-state index in [1.54, 1.807) is 18.2 Å². The number of benzene rings is 2. The van der Waals surface area contributed by atoms with E-state index in [0.29, 0.717) is 36.3 Å². The Balaban J connectivity index is 2.37. The van der Waals surface area contributed by atoms with E-state index in [1.807, 2.05) is 18.2 Å². The van der Waals surface area contributed by atoms with E-state index in [9.17, 15) is 14.7 Å². The van der Waals surface area contributed by atoms with E-state index in [4.69, 9.17) is 14.9 Å². The number of phenolic OH excluding ortho intramolecular Hbond substituents is 1. The maximum absolute atomic E-state index is 10.9. The van der Waals surface area contributed by atoms with Crippen LogP contribution < -0.4 is 4.74 Å². The summed E-state index contributed by atoms with van der Waals surface area (Å²) in [7, 11) is 0. The standard InChI is InChI=1S/C23H28O6/c1-2-3-4-13-29-21-10-6-17(8-12-23(27)28)15-19(21)18-14-16(5-9-20(18)24)7-11-22(25)26/h5-6,9-10,14-15,24H,2-4,7-8,11-13H2,1H3,(H,25,26)(H,27,28). The number of aryl methyl sites for hydroxylation is 2. The number of phenols is 1. The van der Waals surface area contributed by atoms with E-state index >= 15 is 0 Å². The molecule has 0 atom stereocenters. The molecule has 6 heteroatoms. The van der Waals surface area contributed by atoms with Crippen molar-refractivity contribution in [1.29, 1.82) is 0 Å². The van der Waals surface area contributed by atoms with Gasteiger partial charge in [0, 0.05) is 24.0 Å². The van der Waals surface area contributed by atoms with Gasteiger partial charge in [-0.25, -0.2) is 0 Å². The second kappa shape index (κ2) is 11.1. The van der Waals surface area contributed by atoms with Crippen molar-refractivity contribution in [2.24, 2.45) is 0 Å². The fraction of sp³-hybridized carbons (Fsp3) is 0.391. The van der Waals surface area contributed by atoms with Gasteiger partial charge >= 0.3 is 11.9 Å². The lowest BCUT2D eigenvalue weighted by atomic mass is 9.96. The highest BCUT2D eigenvalue weighted by Crippen LogP contribution is 2.38. The Morgan fingerprint density at radius 1 is 0.862 bits per heavy atom. The van der Waals surface area contributed by atoms with Crippen LogP contribution in [0.5, 0.6) is 11.5 Å². The van der Waals surface area contributed by atoms with E-state index < -0.39 is 11.9 Å². The van der Waals surface area contributed by atoms with E-state index in [0.717, 1.165) is 30.4 Å². The van der Waals surface area contributed by atoms with Gasteiger partial charge in [-0.1, -0.05) is 31.9 Å². The van der Waals surface area contributed by atoms with Crippen LogP contribution in [0.25, 0.3) is 11.1 Å². The molecular weight excluding hydrogens is 372 g/mol. The molecule has 2 aromatic rings. The van der Waals surface area contributed by atoms with E-state index in [1.165, 1.54) is 0 Å². The van der Waals surface area contributed by atoms with Crippen LogP contribution in [-0.4, -0.2) is 33.9 Å². The van der Waals surface area contributed by atoms with Gasteiger partial charge in [0.15, 0.2) is 0 Å². The van der Waals surface area contributed by atoms with Gasteiger partial charge in [-0.2, -0.15) is 0 Å². The smallest absolute Gasteiger partial charge is 0.303 e. The predicted octanol–water partition coefficient (Wildman–Crippen LogP) is 4.66. The van der Waals surface area contributed by atoms with Gasteiger partial charge in [0.05, 0.1) is 6.61 Å². The van der Waals surface area contributed by atoms with Crippen molar-refractivity contribution in [3.8, 4) is 22.6 Å². The first-order valence-electron chi connectivity index (χ1n) is 9.92. The normalized spacial score (nSPS) is 10.7. The number of aromatic hydroxyl groups is 1. The third kappa shape index (κ3) is 7.14. The van der Waals surface area contributed by atoms with Crippen LogP contribution in [0, 0.1) is 0 Å². The quantitative estimate of drug-likeness (QED) is 0.448. The molecular formula is C23H28O6. The number of hydrogen-bond acceptors (Lipinski definition) is 4. The minimum Gasteiger partial charge on any atom is -0.507 e. The summed E-state index contributed by atoms with van der Waals surface area (Å²) in [5.74, 6) is -1.07. The van der Waals surface area contributed by atoms with Crippen molar-refractivity contribution >= 4 is 11.9 Å². The minimum absolute atomic E-state index is 0.00322. The molecule has 2 rings (SSSR count). The summed E-state index contributed by atoms with van der Waals surface area (Å²) in [5.41, 5.74) is 2.86. The molecule has 0 unspecified atom stereocenters. The Hall–Kier alpha value is -3.02. The summed E-state index contributed by atoms with van der Waals surface area (Å²) in [6, 6.07) is 10.5. The molecule has 0 saturated carbocycles. The number of carbonyl (C=O) groups is 2. The summed E-state index contributed by atoms with van der Waals surface area (Å²) in [6.07, 6.45) is 3.80. The Labute approximate surface area is 170 Å². The topological polar surface area (TPSA) is 104 Å². The zero-order chi connectivity index (χ0) is 21.2. The molecule has 156 valence electrons. The van der Waals surface area contributed by atoms with Gasteiger partial charge in [-0.05, 0) is 54.7 Å². The van der Waals surface area contributed by atoms with Crippen LogP contribution in [0.2, 0.25) is 0 Å². The number of carboxylic acids is 2. The molecule has 0 radical (unpaired) electrons. The first-order valence-corrected chi connectivity index (χ1v) is 9.92. The van der Waals surface area contributed by atoms with Gasteiger partial charge in [0.25, 0.3) is 0 Å². The van der Waals surface area contributed by atoms with E-state index in [-0.39, 0.29) is 18.6 Å². The Bertz CT molecular complexity index is 843. The molecule has 0 aliphatic rings. The third-order valence-electron chi connectivity index (χ3n) is 4.66. The molecule has 0 aliphatic heterocycles. The number of hydrogen-bond donors (Lipinski definition) is 3. The minimum atomic E-state index is -0.879. The van der Waals surface area contributed by atoms with Gasteiger partial charge in [0.2, 0.25) is 0 Å². The number of unbranched alkanes of at least 4 members (excludes halogenated alkanes) is 2. The molecule has 0 spiro atoms. The average molecular weight is 400 g/mol. The Morgan fingerprint density at radius 3 is 2.03 bits per heavy atom. The SMILES string of the molecule is CCCCCOc1ccc(CCC(=O)O)cc1-c1cc(CCC(=O)O)ccc1O. The molecule has 6 nitrogen and oxygen atoms in total. The predicted molar refractivity (Wildman–Crippen MR) is 110 cm³/mol. The number of aliphatic carboxylic acids is 2. The van der Waals surface area contributed by atoms with Crippen molar-refractivity contribution < 1.29 is 29.6 Å². The Kier molecular flexibility index (Phi) is 8.52. The zero-order valence-corrected chi connectivity index (χ0v) is 16.7. The first kappa shape index (κ1) is 22.3. The van der Waals surface area contributed by atoms with Crippen LogP contribution in [0.3, 0.4) is 0 Å². The molecule has 0 heterocycles. The maximum Gasteiger partial charge on any atom is 0.303 e. The van der Waals surface area contributed by atoms with Crippen LogP contribution in [0.1, 0.15) is 50.2 Å². The third-order valence-corrected chi connectivity index (χ3v) is 4.66. The molecule has 0 bridgehead atoms. The zero-order valence-electron chi connectivity index (χ0n) is 16.7. The molecule has 0 amide bonds. The van der Waals surface area contributed by atoms with E-state index in [2.05, 4.69) is 6.92 Å². The highest BCUT2D eigenvalue weighted by molar-refractivity contribution is 5.77. The summed E-state index contributed by atoms with van der Waals surface area (Å²) >= 11 is 0. The lowest BCUT2D eigenvalue weighted by Crippen LogP contribution is -2.02. The Morgan fingerprint density at radius 2 is 1.45 bits per heavy atom. The highest BCUT2D eigenvalue weighted by atomic mass is 16.5. The molecule has 3 N–H and O–H groups in total. The fourth-order valence-electron chi connectivity index (χ4n) is 3.06. The lowest BCUT2D eigenvalue weighted by molar-refractivity contribution is -0.138.